The molecule has 2 rings (SSSR count). The van der Waals surface area contributed by atoms with Crippen molar-refractivity contribution in [3.8, 4) is 0 Å². The van der Waals surface area contributed by atoms with E-state index in [1.807, 2.05) is 17.1 Å². The van der Waals surface area contributed by atoms with Gasteiger partial charge in [-0.15, -0.1) is 0 Å². The summed E-state index contributed by atoms with van der Waals surface area (Å²) in [5.41, 5.74) is 5.80. The third kappa shape index (κ3) is 4.30. The molecule has 3 N–H and O–H groups in total. The first kappa shape index (κ1) is 16.0. The summed E-state index contributed by atoms with van der Waals surface area (Å²) in [6, 6.07) is 0.0147. The largest absolute Gasteiger partial charge is 0.356 e. The molecular weight excluding hydrogens is 266 g/mol. The zero-order valence-corrected chi connectivity index (χ0v) is 12.9. The molecule has 0 radical (unpaired) electrons. The van der Waals surface area contributed by atoms with Gasteiger partial charge in [-0.25, -0.2) is 0 Å². The fraction of sp³-hybridized carbons (Fsp3) is 0.750. The minimum Gasteiger partial charge on any atom is -0.356 e. The Bertz CT molecular complexity index is 400. The number of nitrogens with zero attached hydrogens (tertiary/aromatic N) is 1. The Morgan fingerprint density at radius 1 is 1.29 bits per heavy atom. The Labute approximate surface area is 126 Å². The number of amides is 2. The van der Waals surface area contributed by atoms with Crippen LogP contribution in [0.3, 0.4) is 0 Å². The van der Waals surface area contributed by atoms with Crippen molar-refractivity contribution in [2.75, 3.05) is 19.6 Å². The average Bonchev–Trinajstić information content (AvgIpc) is 2.93. The maximum absolute atomic E-state index is 12.4. The van der Waals surface area contributed by atoms with E-state index in [0.717, 1.165) is 38.6 Å². The summed E-state index contributed by atoms with van der Waals surface area (Å²) in [7, 11) is 0. The zero-order valence-electron chi connectivity index (χ0n) is 12.9. The molecule has 1 saturated heterocycles. The predicted octanol–water partition coefficient (Wildman–Crippen LogP) is 1.04. The van der Waals surface area contributed by atoms with E-state index in [2.05, 4.69) is 12.2 Å². The highest BCUT2D eigenvalue weighted by molar-refractivity contribution is 5.82. The summed E-state index contributed by atoms with van der Waals surface area (Å²) >= 11 is 0. The van der Waals surface area contributed by atoms with Crippen LogP contribution in [0.5, 0.6) is 0 Å². The summed E-state index contributed by atoms with van der Waals surface area (Å²) in [6.07, 6.45) is 8.21. The SMILES string of the molecule is CCCCNC(=O)C1CCN(C(=O)C2C=CC(N)C2)CC1. The number of likely N-dealkylation sites (tertiary alicyclic amines) is 1. The summed E-state index contributed by atoms with van der Waals surface area (Å²) in [6.45, 7) is 4.24. The Morgan fingerprint density at radius 3 is 2.57 bits per heavy atom. The molecule has 0 bridgehead atoms. The number of unbranched alkanes of at least 4 members (excludes halogenated alkanes) is 1. The fourth-order valence-corrected chi connectivity index (χ4v) is 3.04. The first-order chi connectivity index (χ1) is 10.1. The van der Waals surface area contributed by atoms with Crippen molar-refractivity contribution < 1.29 is 9.59 Å². The summed E-state index contributed by atoms with van der Waals surface area (Å²) in [5, 5.41) is 2.99. The van der Waals surface area contributed by atoms with Crippen molar-refractivity contribution >= 4 is 11.8 Å². The monoisotopic (exact) mass is 293 g/mol. The molecule has 1 heterocycles. The molecule has 2 aliphatic rings. The minimum absolute atomic E-state index is 0.0147. The van der Waals surface area contributed by atoms with Gasteiger partial charge in [0.25, 0.3) is 0 Å². The number of nitrogens with one attached hydrogen (secondary N) is 1. The van der Waals surface area contributed by atoms with Gasteiger partial charge in [0.1, 0.15) is 0 Å². The van der Waals surface area contributed by atoms with Crippen LogP contribution >= 0.6 is 0 Å². The molecule has 1 aliphatic carbocycles. The second-order valence-electron chi connectivity index (χ2n) is 6.14. The van der Waals surface area contributed by atoms with Gasteiger partial charge in [0.15, 0.2) is 0 Å². The van der Waals surface area contributed by atoms with Crippen LogP contribution in [-0.2, 0) is 9.59 Å². The highest BCUT2D eigenvalue weighted by atomic mass is 16.2. The van der Waals surface area contributed by atoms with Gasteiger partial charge in [0.05, 0.1) is 5.92 Å². The molecule has 0 saturated carbocycles. The van der Waals surface area contributed by atoms with Gasteiger partial charge in [0.2, 0.25) is 11.8 Å². The van der Waals surface area contributed by atoms with Crippen LogP contribution in [0.15, 0.2) is 12.2 Å². The van der Waals surface area contributed by atoms with Crippen LogP contribution in [0, 0.1) is 11.8 Å². The molecule has 0 spiro atoms. The Kier molecular flexibility index (Phi) is 5.79. The van der Waals surface area contributed by atoms with Gasteiger partial charge in [-0.1, -0.05) is 25.5 Å². The number of rotatable bonds is 5. The van der Waals surface area contributed by atoms with E-state index in [9.17, 15) is 9.59 Å². The fourth-order valence-electron chi connectivity index (χ4n) is 3.04. The summed E-state index contributed by atoms with van der Waals surface area (Å²) < 4.78 is 0. The number of hydrogen-bond donors (Lipinski definition) is 2. The first-order valence-corrected chi connectivity index (χ1v) is 8.12. The molecular formula is C16H27N3O2. The maximum Gasteiger partial charge on any atom is 0.229 e. The molecule has 1 fully saturated rings. The van der Waals surface area contributed by atoms with Crippen LogP contribution in [0.4, 0.5) is 0 Å². The molecule has 1 aliphatic heterocycles. The van der Waals surface area contributed by atoms with Crippen molar-refractivity contribution in [2.45, 2.75) is 45.1 Å². The molecule has 2 atom stereocenters. The minimum atomic E-state index is -0.0602. The Morgan fingerprint density at radius 2 is 2.00 bits per heavy atom. The van der Waals surface area contributed by atoms with E-state index in [4.69, 9.17) is 5.73 Å². The maximum atomic E-state index is 12.4. The molecule has 0 aromatic heterocycles. The Hall–Kier alpha value is -1.36. The van der Waals surface area contributed by atoms with Crippen molar-refractivity contribution in [3.05, 3.63) is 12.2 Å². The van der Waals surface area contributed by atoms with Gasteiger partial charge < -0.3 is 16.0 Å². The number of carbonyl (C=O) groups excluding carboxylic acids is 2. The van der Waals surface area contributed by atoms with Crippen molar-refractivity contribution in [2.24, 2.45) is 17.6 Å². The first-order valence-electron chi connectivity index (χ1n) is 8.12. The van der Waals surface area contributed by atoms with Crippen LogP contribution in [0.1, 0.15) is 39.0 Å². The van der Waals surface area contributed by atoms with Crippen LogP contribution in [0.25, 0.3) is 0 Å². The number of nitrogens with two attached hydrogens (primary N) is 1. The van der Waals surface area contributed by atoms with Gasteiger partial charge in [0, 0.05) is 31.6 Å². The second kappa shape index (κ2) is 7.59. The topological polar surface area (TPSA) is 75.4 Å². The molecule has 5 nitrogen and oxygen atoms in total. The van der Waals surface area contributed by atoms with E-state index in [-0.39, 0.29) is 29.7 Å². The normalized spacial score (nSPS) is 26.1. The lowest BCUT2D eigenvalue weighted by Gasteiger charge is -2.32. The van der Waals surface area contributed by atoms with E-state index in [1.165, 1.54) is 0 Å². The lowest BCUT2D eigenvalue weighted by molar-refractivity contribution is -0.137. The van der Waals surface area contributed by atoms with Gasteiger partial charge >= 0.3 is 0 Å². The summed E-state index contributed by atoms with van der Waals surface area (Å²) in [4.78, 5) is 26.3. The highest BCUT2D eigenvalue weighted by Gasteiger charge is 2.31. The van der Waals surface area contributed by atoms with Gasteiger partial charge in [-0.05, 0) is 25.7 Å². The van der Waals surface area contributed by atoms with E-state index >= 15 is 0 Å². The molecule has 2 unspecified atom stereocenters. The molecule has 5 heteroatoms. The van der Waals surface area contributed by atoms with Crippen molar-refractivity contribution in [3.63, 3.8) is 0 Å². The van der Waals surface area contributed by atoms with E-state index in [1.54, 1.807) is 0 Å². The molecule has 0 aromatic rings. The number of carbonyl (C=O) groups is 2. The lowest BCUT2D eigenvalue weighted by atomic mass is 9.94. The second-order valence-corrected chi connectivity index (χ2v) is 6.14. The predicted molar refractivity (Wildman–Crippen MR) is 82.4 cm³/mol. The molecule has 21 heavy (non-hydrogen) atoms. The average molecular weight is 293 g/mol. The smallest absolute Gasteiger partial charge is 0.229 e. The third-order valence-corrected chi connectivity index (χ3v) is 4.44. The van der Waals surface area contributed by atoms with Gasteiger partial charge in [-0.2, -0.15) is 0 Å². The molecule has 0 aromatic carbocycles. The quantitative estimate of drug-likeness (QED) is 0.587. The van der Waals surface area contributed by atoms with Gasteiger partial charge in [-0.3, -0.25) is 9.59 Å². The van der Waals surface area contributed by atoms with Crippen LogP contribution in [0.2, 0.25) is 0 Å². The Balaban J connectivity index is 1.74. The van der Waals surface area contributed by atoms with E-state index in [0.29, 0.717) is 13.1 Å². The molecule has 2 amide bonds. The van der Waals surface area contributed by atoms with Crippen molar-refractivity contribution in [1.29, 1.82) is 0 Å². The van der Waals surface area contributed by atoms with E-state index < -0.39 is 0 Å². The van der Waals surface area contributed by atoms with Crippen LogP contribution < -0.4 is 11.1 Å². The highest BCUT2D eigenvalue weighted by Crippen LogP contribution is 2.23. The lowest BCUT2D eigenvalue weighted by Crippen LogP contribution is -2.45. The zero-order chi connectivity index (χ0) is 15.2. The molecule has 118 valence electrons. The number of hydrogen-bond acceptors (Lipinski definition) is 3. The standard InChI is InChI=1S/C16H27N3O2/c1-2-3-8-18-15(20)12-6-9-19(10-7-12)16(21)13-4-5-14(17)11-13/h4-5,12-14H,2-3,6-11,17H2,1H3,(H,18,20). The van der Waals surface area contributed by atoms with Crippen LogP contribution in [-0.4, -0.2) is 42.4 Å². The third-order valence-electron chi connectivity index (χ3n) is 4.44. The number of piperidine rings is 1. The summed E-state index contributed by atoms with van der Waals surface area (Å²) in [5.74, 6) is 0.324. The van der Waals surface area contributed by atoms with Crippen molar-refractivity contribution in [1.82, 2.24) is 10.2 Å².